The number of hydrogen-bond donors (Lipinski definition) is 1. The molecule has 1 N–H and O–H groups in total. The highest BCUT2D eigenvalue weighted by Gasteiger charge is 2.22. The summed E-state index contributed by atoms with van der Waals surface area (Å²) in [7, 11) is 3.68. The zero-order chi connectivity index (χ0) is 14.6. The fraction of sp³-hybridized carbons (Fsp3) is 0.417. The summed E-state index contributed by atoms with van der Waals surface area (Å²) in [5.41, 5.74) is -0.846. The van der Waals surface area contributed by atoms with Crippen LogP contribution in [0.15, 0.2) is 6.07 Å². The van der Waals surface area contributed by atoms with Gasteiger partial charge in [-0.2, -0.15) is 0 Å². The van der Waals surface area contributed by atoms with E-state index in [2.05, 4.69) is 5.32 Å². The van der Waals surface area contributed by atoms with Gasteiger partial charge in [0.2, 0.25) is 0 Å². The Morgan fingerprint density at radius 1 is 1.16 bits per heavy atom. The van der Waals surface area contributed by atoms with Crippen molar-refractivity contribution in [3.8, 4) is 0 Å². The second-order valence-electron chi connectivity index (χ2n) is 4.26. The molecule has 1 rings (SSSR count). The Morgan fingerprint density at radius 2 is 1.79 bits per heavy atom. The van der Waals surface area contributed by atoms with E-state index in [1.54, 1.807) is 0 Å². The number of hydrogen-bond acceptors (Lipinski definition) is 2. The summed E-state index contributed by atoms with van der Waals surface area (Å²) in [5.74, 6) is -8.18. The molecule has 0 aromatic heterocycles. The lowest BCUT2D eigenvalue weighted by Gasteiger charge is -2.10. The standard InChI is InChI=1S/C12H14F4N2O/c1-18(2)5-3-4-17-12(19)7-6-8(13)10(15)11(16)9(7)14/h6H,3-5H2,1-2H3,(H,17,19). The van der Waals surface area contributed by atoms with Crippen molar-refractivity contribution in [2.75, 3.05) is 27.2 Å². The highest BCUT2D eigenvalue weighted by atomic mass is 19.2. The van der Waals surface area contributed by atoms with E-state index >= 15 is 0 Å². The minimum atomic E-state index is -1.99. The van der Waals surface area contributed by atoms with E-state index in [1.807, 2.05) is 19.0 Å². The summed E-state index contributed by atoms with van der Waals surface area (Å²) in [6.07, 6.45) is 0.590. The van der Waals surface area contributed by atoms with Gasteiger partial charge in [0.25, 0.3) is 5.91 Å². The fourth-order valence-corrected chi connectivity index (χ4v) is 1.43. The largest absolute Gasteiger partial charge is 0.352 e. The molecule has 0 saturated heterocycles. The minimum Gasteiger partial charge on any atom is -0.352 e. The monoisotopic (exact) mass is 278 g/mol. The molecular formula is C12H14F4N2O. The van der Waals surface area contributed by atoms with Gasteiger partial charge in [-0.3, -0.25) is 4.79 Å². The number of carbonyl (C=O) groups is 1. The number of nitrogens with zero attached hydrogens (tertiary/aromatic N) is 1. The first-order valence-electron chi connectivity index (χ1n) is 5.60. The Balaban J connectivity index is 2.73. The lowest BCUT2D eigenvalue weighted by Crippen LogP contribution is -2.28. The maximum atomic E-state index is 13.3. The Hall–Kier alpha value is -1.63. The van der Waals surface area contributed by atoms with Crippen LogP contribution in [0.3, 0.4) is 0 Å². The average Bonchev–Trinajstić information content (AvgIpc) is 2.36. The predicted molar refractivity (Wildman–Crippen MR) is 61.8 cm³/mol. The first-order valence-corrected chi connectivity index (χ1v) is 5.60. The Labute approximate surface area is 108 Å². The SMILES string of the molecule is CN(C)CCCNC(=O)c1cc(F)c(F)c(F)c1F. The van der Waals surface area contributed by atoms with Gasteiger partial charge in [0.1, 0.15) is 0 Å². The van der Waals surface area contributed by atoms with Crippen LogP contribution in [0.25, 0.3) is 0 Å². The van der Waals surface area contributed by atoms with Crippen LogP contribution < -0.4 is 5.32 Å². The maximum Gasteiger partial charge on any atom is 0.254 e. The van der Waals surface area contributed by atoms with Gasteiger partial charge in [0.15, 0.2) is 23.3 Å². The highest BCUT2D eigenvalue weighted by molar-refractivity contribution is 5.94. The van der Waals surface area contributed by atoms with Crippen LogP contribution in [0.2, 0.25) is 0 Å². The highest BCUT2D eigenvalue weighted by Crippen LogP contribution is 2.18. The average molecular weight is 278 g/mol. The summed E-state index contributed by atoms with van der Waals surface area (Å²) in [4.78, 5) is 13.4. The molecule has 1 aromatic rings. The molecule has 3 nitrogen and oxygen atoms in total. The molecule has 0 bridgehead atoms. The number of rotatable bonds is 5. The molecule has 7 heteroatoms. The third-order valence-electron chi connectivity index (χ3n) is 2.41. The first-order chi connectivity index (χ1) is 8.84. The molecule has 0 spiro atoms. The van der Waals surface area contributed by atoms with E-state index in [4.69, 9.17) is 0 Å². The topological polar surface area (TPSA) is 32.3 Å². The molecular weight excluding hydrogens is 264 g/mol. The molecule has 0 aliphatic carbocycles. The quantitative estimate of drug-likeness (QED) is 0.386. The maximum absolute atomic E-state index is 13.3. The van der Waals surface area contributed by atoms with Gasteiger partial charge in [0, 0.05) is 6.54 Å². The van der Waals surface area contributed by atoms with Crippen molar-refractivity contribution >= 4 is 5.91 Å². The van der Waals surface area contributed by atoms with Crippen molar-refractivity contribution in [3.63, 3.8) is 0 Å². The Bertz CT molecular complexity index is 477. The Morgan fingerprint density at radius 3 is 2.37 bits per heavy atom. The van der Waals surface area contributed by atoms with Crippen LogP contribution in [-0.2, 0) is 0 Å². The number of carbonyl (C=O) groups excluding carboxylic acids is 1. The summed E-state index contributed by atoms with van der Waals surface area (Å²) in [5, 5.41) is 2.31. The third-order valence-corrected chi connectivity index (χ3v) is 2.41. The molecule has 0 atom stereocenters. The second-order valence-corrected chi connectivity index (χ2v) is 4.26. The van der Waals surface area contributed by atoms with Crippen LogP contribution in [0.1, 0.15) is 16.8 Å². The molecule has 19 heavy (non-hydrogen) atoms. The van der Waals surface area contributed by atoms with E-state index in [1.165, 1.54) is 0 Å². The van der Waals surface area contributed by atoms with E-state index in [-0.39, 0.29) is 6.54 Å². The lowest BCUT2D eigenvalue weighted by molar-refractivity contribution is 0.0946. The molecule has 0 unspecified atom stereocenters. The van der Waals surface area contributed by atoms with Crippen molar-refractivity contribution in [3.05, 3.63) is 34.9 Å². The Kier molecular flexibility index (Phi) is 5.29. The third kappa shape index (κ3) is 3.92. The van der Waals surface area contributed by atoms with Gasteiger partial charge >= 0.3 is 0 Å². The van der Waals surface area contributed by atoms with Crippen molar-refractivity contribution in [1.29, 1.82) is 0 Å². The number of nitrogens with one attached hydrogen (secondary N) is 1. The van der Waals surface area contributed by atoms with Crippen LogP contribution in [-0.4, -0.2) is 38.0 Å². The summed E-state index contributed by atoms with van der Waals surface area (Å²) < 4.78 is 51.8. The molecule has 0 saturated carbocycles. The molecule has 106 valence electrons. The predicted octanol–water partition coefficient (Wildman–Crippen LogP) is 1.92. The van der Waals surface area contributed by atoms with Crippen molar-refractivity contribution in [2.45, 2.75) is 6.42 Å². The molecule has 0 aliphatic rings. The fourth-order valence-electron chi connectivity index (χ4n) is 1.43. The molecule has 1 aromatic carbocycles. The van der Waals surface area contributed by atoms with Gasteiger partial charge < -0.3 is 10.2 Å². The second kappa shape index (κ2) is 6.51. The molecule has 0 heterocycles. The van der Waals surface area contributed by atoms with Gasteiger partial charge in [-0.25, -0.2) is 17.6 Å². The van der Waals surface area contributed by atoms with E-state index in [0.29, 0.717) is 19.0 Å². The molecule has 0 aliphatic heterocycles. The molecule has 1 amide bonds. The molecule has 0 radical (unpaired) electrons. The van der Waals surface area contributed by atoms with E-state index in [0.717, 1.165) is 0 Å². The van der Waals surface area contributed by atoms with E-state index < -0.39 is 34.7 Å². The normalized spacial score (nSPS) is 10.9. The molecule has 0 fully saturated rings. The van der Waals surface area contributed by atoms with Crippen LogP contribution in [0.5, 0.6) is 0 Å². The zero-order valence-corrected chi connectivity index (χ0v) is 10.6. The van der Waals surface area contributed by atoms with E-state index in [9.17, 15) is 22.4 Å². The van der Waals surface area contributed by atoms with Gasteiger partial charge in [-0.1, -0.05) is 0 Å². The van der Waals surface area contributed by atoms with Gasteiger partial charge in [-0.05, 0) is 33.1 Å². The van der Waals surface area contributed by atoms with Crippen LogP contribution in [0, 0.1) is 23.3 Å². The number of benzene rings is 1. The summed E-state index contributed by atoms with van der Waals surface area (Å²) in [6, 6.07) is 0.342. The lowest BCUT2D eigenvalue weighted by atomic mass is 10.1. The van der Waals surface area contributed by atoms with Crippen molar-refractivity contribution in [2.24, 2.45) is 0 Å². The summed E-state index contributed by atoms with van der Waals surface area (Å²) in [6.45, 7) is 0.909. The summed E-state index contributed by atoms with van der Waals surface area (Å²) >= 11 is 0. The van der Waals surface area contributed by atoms with Crippen LogP contribution in [0.4, 0.5) is 17.6 Å². The van der Waals surface area contributed by atoms with Gasteiger partial charge in [-0.15, -0.1) is 0 Å². The number of amides is 1. The minimum absolute atomic E-state index is 0.219. The van der Waals surface area contributed by atoms with Crippen molar-refractivity contribution in [1.82, 2.24) is 10.2 Å². The van der Waals surface area contributed by atoms with Crippen LogP contribution >= 0.6 is 0 Å². The number of halogens is 4. The zero-order valence-electron chi connectivity index (χ0n) is 10.6. The van der Waals surface area contributed by atoms with Gasteiger partial charge in [0.05, 0.1) is 5.56 Å². The smallest absolute Gasteiger partial charge is 0.254 e. The van der Waals surface area contributed by atoms with Crippen molar-refractivity contribution < 1.29 is 22.4 Å². The first kappa shape index (κ1) is 15.4.